The van der Waals surface area contributed by atoms with Crippen LogP contribution in [0.4, 0.5) is 4.39 Å². The topological polar surface area (TPSA) is 54.2 Å². The number of imidazole rings is 1. The van der Waals surface area contributed by atoms with Crippen LogP contribution in [0.25, 0.3) is 5.69 Å². The molecule has 154 valence electrons. The highest BCUT2D eigenvalue weighted by atomic mass is 127. The molecular formula is C21H25FIN5S. The Morgan fingerprint density at radius 2 is 1.86 bits per heavy atom. The fourth-order valence-corrected chi connectivity index (χ4v) is 3.53. The second-order valence-electron chi connectivity index (χ2n) is 6.22. The summed E-state index contributed by atoms with van der Waals surface area (Å²) in [5, 5.41) is 6.66. The highest BCUT2D eigenvalue weighted by Gasteiger charge is 2.07. The maximum atomic E-state index is 13.5. The first-order chi connectivity index (χ1) is 13.7. The molecular weight excluding hydrogens is 500 g/mol. The van der Waals surface area contributed by atoms with E-state index in [1.807, 2.05) is 35.2 Å². The highest BCUT2D eigenvalue weighted by Crippen LogP contribution is 2.17. The molecule has 5 nitrogen and oxygen atoms in total. The largest absolute Gasteiger partial charge is 0.352 e. The lowest BCUT2D eigenvalue weighted by Crippen LogP contribution is -2.36. The number of para-hydroxylation sites is 1. The number of rotatable bonds is 7. The Kier molecular flexibility index (Phi) is 9.46. The van der Waals surface area contributed by atoms with Crippen LogP contribution in [0.5, 0.6) is 0 Å². The molecule has 2 N–H and O–H groups in total. The van der Waals surface area contributed by atoms with E-state index in [4.69, 9.17) is 0 Å². The molecule has 2 aromatic carbocycles. The van der Waals surface area contributed by atoms with Crippen LogP contribution in [0, 0.1) is 5.82 Å². The summed E-state index contributed by atoms with van der Waals surface area (Å²) in [5.74, 6) is 1.27. The van der Waals surface area contributed by atoms with Gasteiger partial charge < -0.3 is 15.2 Å². The third kappa shape index (κ3) is 6.46. The number of guanidine groups is 1. The van der Waals surface area contributed by atoms with Gasteiger partial charge in [0, 0.05) is 38.3 Å². The van der Waals surface area contributed by atoms with Gasteiger partial charge >= 0.3 is 0 Å². The average Bonchev–Trinajstić information content (AvgIpc) is 3.24. The minimum atomic E-state index is -0.202. The number of halogens is 2. The number of aromatic nitrogens is 2. The molecule has 0 aliphatic carbocycles. The fraction of sp³-hybridized carbons (Fsp3) is 0.238. The first-order valence-electron chi connectivity index (χ1n) is 8.98. The lowest BCUT2D eigenvalue weighted by Gasteiger charge is -2.16. The number of benzene rings is 2. The third-order valence-electron chi connectivity index (χ3n) is 4.36. The Bertz CT molecular complexity index is 931. The summed E-state index contributed by atoms with van der Waals surface area (Å²) in [6, 6.07) is 13.1. The quantitative estimate of drug-likeness (QED) is 0.274. The predicted molar refractivity (Wildman–Crippen MR) is 130 cm³/mol. The van der Waals surface area contributed by atoms with E-state index in [1.165, 1.54) is 6.07 Å². The van der Waals surface area contributed by atoms with Crippen LogP contribution in [-0.2, 0) is 18.8 Å². The minimum absolute atomic E-state index is 0. The van der Waals surface area contributed by atoms with Gasteiger partial charge in [0.05, 0.1) is 12.0 Å². The fourth-order valence-electron chi connectivity index (χ4n) is 2.95. The summed E-state index contributed by atoms with van der Waals surface area (Å²) < 4.78 is 15.5. The molecule has 0 fully saturated rings. The molecule has 0 aliphatic heterocycles. The second-order valence-corrected chi connectivity index (χ2v) is 7.09. The lowest BCUT2D eigenvalue weighted by atomic mass is 10.1. The molecule has 0 saturated carbocycles. The SMILES string of the molecule is CN=C(NCc1ccc(F)cc1CSC)NCc1ccccc1-n1ccnc1.I. The van der Waals surface area contributed by atoms with Crippen molar-refractivity contribution in [3.05, 3.63) is 83.7 Å². The van der Waals surface area contributed by atoms with E-state index in [1.54, 1.807) is 37.4 Å². The number of hydrogen-bond donors (Lipinski definition) is 2. The van der Waals surface area contributed by atoms with Crippen molar-refractivity contribution in [2.24, 2.45) is 4.99 Å². The van der Waals surface area contributed by atoms with Crippen molar-refractivity contribution in [1.29, 1.82) is 0 Å². The van der Waals surface area contributed by atoms with Crippen molar-refractivity contribution in [3.8, 4) is 5.69 Å². The third-order valence-corrected chi connectivity index (χ3v) is 4.96. The summed E-state index contributed by atoms with van der Waals surface area (Å²) in [7, 11) is 1.74. The van der Waals surface area contributed by atoms with Crippen LogP contribution in [-0.4, -0.2) is 28.8 Å². The van der Waals surface area contributed by atoms with E-state index < -0.39 is 0 Å². The molecule has 3 rings (SSSR count). The number of thioether (sulfide) groups is 1. The van der Waals surface area contributed by atoms with Gasteiger partial charge in [-0.3, -0.25) is 4.99 Å². The van der Waals surface area contributed by atoms with Gasteiger partial charge in [-0.2, -0.15) is 11.8 Å². The van der Waals surface area contributed by atoms with Gasteiger partial charge in [-0.05, 0) is 41.1 Å². The van der Waals surface area contributed by atoms with Crippen LogP contribution >= 0.6 is 35.7 Å². The molecule has 0 bridgehead atoms. The predicted octanol–water partition coefficient (Wildman–Crippen LogP) is 4.36. The second kappa shape index (κ2) is 11.8. The van der Waals surface area contributed by atoms with E-state index >= 15 is 0 Å². The van der Waals surface area contributed by atoms with Crippen LogP contribution in [0.15, 0.2) is 66.2 Å². The van der Waals surface area contributed by atoms with E-state index in [-0.39, 0.29) is 29.8 Å². The minimum Gasteiger partial charge on any atom is -0.352 e. The molecule has 0 saturated heterocycles. The summed E-state index contributed by atoms with van der Waals surface area (Å²) in [6.07, 6.45) is 7.49. The van der Waals surface area contributed by atoms with Crippen molar-refractivity contribution in [2.75, 3.05) is 13.3 Å². The van der Waals surface area contributed by atoms with Crippen molar-refractivity contribution in [1.82, 2.24) is 20.2 Å². The van der Waals surface area contributed by atoms with E-state index in [0.29, 0.717) is 19.0 Å². The maximum absolute atomic E-state index is 13.5. The molecule has 0 aliphatic rings. The summed E-state index contributed by atoms with van der Waals surface area (Å²) >= 11 is 1.68. The molecule has 0 unspecified atom stereocenters. The van der Waals surface area contributed by atoms with Gasteiger partial charge in [0.1, 0.15) is 5.82 Å². The van der Waals surface area contributed by atoms with Gasteiger partial charge in [-0.25, -0.2) is 9.37 Å². The lowest BCUT2D eigenvalue weighted by molar-refractivity contribution is 0.625. The molecule has 0 spiro atoms. The monoisotopic (exact) mass is 525 g/mol. The summed E-state index contributed by atoms with van der Waals surface area (Å²) in [4.78, 5) is 8.42. The van der Waals surface area contributed by atoms with Crippen LogP contribution in [0.3, 0.4) is 0 Å². The zero-order valence-corrected chi connectivity index (χ0v) is 19.6. The summed E-state index contributed by atoms with van der Waals surface area (Å²) in [5.41, 5.74) is 4.27. The first-order valence-corrected chi connectivity index (χ1v) is 10.4. The van der Waals surface area contributed by atoms with Gasteiger partial charge in [0.2, 0.25) is 0 Å². The number of nitrogens with zero attached hydrogens (tertiary/aromatic N) is 3. The molecule has 8 heteroatoms. The van der Waals surface area contributed by atoms with E-state index in [9.17, 15) is 4.39 Å². The Morgan fingerprint density at radius 3 is 2.55 bits per heavy atom. The number of hydrogen-bond acceptors (Lipinski definition) is 3. The molecule has 0 atom stereocenters. The van der Waals surface area contributed by atoms with Gasteiger partial charge in [-0.1, -0.05) is 24.3 Å². The average molecular weight is 525 g/mol. The van der Waals surface area contributed by atoms with Crippen molar-refractivity contribution in [3.63, 3.8) is 0 Å². The van der Waals surface area contributed by atoms with Gasteiger partial charge in [0.25, 0.3) is 0 Å². The van der Waals surface area contributed by atoms with Crippen LogP contribution < -0.4 is 10.6 Å². The number of nitrogens with one attached hydrogen (secondary N) is 2. The summed E-state index contributed by atoms with van der Waals surface area (Å²) in [6.45, 7) is 1.20. The highest BCUT2D eigenvalue weighted by molar-refractivity contribution is 14.0. The molecule has 1 aromatic heterocycles. The van der Waals surface area contributed by atoms with Crippen molar-refractivity contribution in [2.45, 2.75) is 18.8 Å². The van der Waals surface area contributed by atoms with Crippen LogP contribution in [0.2, 0.25) is 0 Å². The number of aliphatic imine (C=N–C) groups is 1. The first kappa shape index (κ1) is 23.2. The normalized spacial score (nSPS) is 11.1. The zero-order valence-electron chi connectivity index (χ0n) is 16.4. The van der Waals surface area contributed by atoms with Gasteiger partial charge in [0.15, 0.2) is 5.96 Å². The van der Waals surface area contributed by atoms with Crippen LogP contribution in [0.1, 0.15) is 16.7 Å². The molecule has 3 aromatic rings. The molecule has 0 amide bonds. The standard InChI is InChI=1S/C21H24FN5S.HI/c1-23-21(25-12-16-7-8-19(22)11-18(16)14-28-2)26-13-17-5-3-4-6-20(17)27-10-9-24-15-27;/h3-11,15H,12-14H2,1-2H3,(H2,23,25,26);1H. The van der Waals surface area contributed by atoms with E-state index in [0.717, 1.165) is 28.1 Å². The Balaban J connectivity index is 0.00000300. The zero-order chi connectivity index (χ0) is 19.8. The van der Waals surface area contributed by atoms with Crippen molar-refractivity contribution >= 4 is 41.7 Å². The Morgan fingerprint density at radius 1 is 1.10 bits per heavy atom. The Hall–Kier alpha value is -2.07. The smallest absolute Gasteiger partial charge is 0.191 e. The molecule has 1 heterocycles. The maximum Gasteiger partial charge on any atom is 0.191 e. The van der Waals surface area contributed by atoms with Gasteiger partial charge in [-0.15, -0.1) is 24.0 Å². The Labute approximate surface area is 192 Å². The van der Waals surface area contributed by atoms with Crippen molar-refractivity contribution < 1.29 is 4.39 Å². The van der Waals surface area contributed by atoms with E-state index in [2.05, 4.69) is 32.7 Å². The molecule has 29 heavy (non-hydrogen) atoms. The molecule has 0 radical (unpaired) electrons.